The Morgan fingerprint density at radius 2 is 1.86 bits per heavy atom. The number of fused-ring (bicyclic) bond motifs is 1. The van der Waals surface area contributed by atoms with Crippen LogP contribution in [-0.2, 0) is 4.79 Å². The van der Waals surface area contributed by atoms with Crippen LogP contribution in [0.5, 0.6) is 0 Å². The molecule has 108 valence electrons. The van der Waals surface area contributed by atoms with Crippen LogP contribution in [0.4, 0.5) is 25.8 Å². The summed E-state index contributed by atoms with van der Waals surface area (Å²) >= 11 is 0. The van der Waals surface area contributed by atoms with Crippen LogP contribution in [0, 0.1) is 11.6 Å². The molecule has 0 aliphatic carbocycles. The van der Waals surface area contributed by atoms with Gasteiger partial charge in [-0.25, -0.2) is 8.78 Å². The normalized spacial score (nSPS) is 16.4. The molecule has 0 aromatic heterocycles. The van der Waals surface area contributed by atoms with Crippen molar-refractivity contribution in [3.63, 3.8) is 0 Å². The SMILES string of the molecule is O=C(Nc1cccc(F)c1F)C1CNc2ccccc2N1. The van der Waals surface area contributed by atoms with Crippen molar-refractivity contribution in [1.29, 1.82) is 0 Å². The van der Waals surface area contributed by atoms with Gasteiger partial charge in [-0.1, -0.05) is 18.2 Å². The van der Waals surface area contributed by atoms with Gasteiger partial charge >= 0.3 is 0 Å². The Balaban J connectivity index is 1.74. The molecule has 2 aromatic carbocycles. The van der Waals surface area contributed by atoms with Gasteiger partial charge in [0.2, 0.25) is 5.91 Å². The van der Waals surface area contributed by atoms with Crippen LogP contribution < -0.4 is 16.0 Å². The van der Waals surface area contributed by atoms with E-state index in [2.05, 4.69) is 16.0 Å². The summed E-state index contributed by atoms with van der Waals surface area (Å²) in [7, 11) is 0. The highest BCUT2D eigenvalue weighted by Gasteiger charge is 2.24. The number of hydrogen-bond acceptors (Lipinski definition) is 3. The second-order valence-corrected chi connectivity index (χ2v) is 4.71. The fraction of sp³-hybridized carbons (Fsp3) is 0.133. The van der Waals surface area contributed by atoms with Gasteiger partial charge in [-0.2, -0.15) is 0 Å². The lowest BCUT2D eigenvalue weighted by Crippen LogP contribution is -2.43. The van der Waals surface area contributed by atoms with Gasteiger partial charge in [-0.15, -0.1) is 0 Å². The first-order valence-electron chi connectivity index (χ1n) is 6.49. The molecule has 0 saturated carbocycles. The first-order valence-corrected chi connectivity index (χ1v) is 6.49. The smallest absolute Gasteiger partial charge is 0.248 e. The predicted octanol–water partition coefficient (Wildman–Crippen LogP) is 2.81. The molecule has 1 unspecified atom stereocenters. The van der Waals surface area contributed by atoms with Crippen molar-refractivity contribution >= 4 is 23.0 Å². The van der Waals surface area contributed by atoms with Crippen molar-refractivity contribution < 1.29 is 13.6 Å². The first-order chi connectivity index (χ1) is 10.1. The van der Waals surface area contributed by atoms with E-state index in [4.69, 9.17) is 0 Å². The highest BCUT2D eigenvalue weighted by molar-refractivity contribution is 5.98. The van der Waals surface area contributed by atoms with Gasteiger partial charge < -0.3 is 16.0 Å². The molecule has 1 amide bonds. The maximum Gasteiger partial charge on any atom is 0.248 e. The third kappa shape index (κ3) is 2.65. The first kappa shape index (κ1) is 13.4. The maximum absolute atomic E-state index is 13.5. The fourth-order valence-electron chi connectivity index (χ4n) is 2.19. The molecule has 0 radical (unpaired) electrons. The standard InChI is InChI=1S/C15H13F2N3O/c16-9-4-3-7-12(14(9)17)20-15(21)13-8-18-10-5-1-2-6-11(10)19-13/h1-7,13,18-19H,8H2,(H,20,21). The monoisotopic (exact) mass is 289 g/mol. The fourth-order valence-corrected chi connectivity index (χ4v) is 2.19. The third-order valence-corrected chi connectivity index (χ3v) is 3.28. The number of nitrogens with one attached hydrogen (secondary N) is 3. The number of anilines is 3. The Bertz CT molecular complexity index is 690. The number of halogens is 2. The second-order valence-electron chi connectivity index (χ2n) is 4.71. The summed E-state index contributed by atoms with van der Waals surface area (Å²) < 4.78 is 26.7. The van der Waals surface area contributed by atoms with Gasteiger partial charge in [0.1, 0.15) is 6.04 Å². The molecule has 0 fully saturated rings. The van der Waals surface area contributed by atoms with Crippen molar-refractivity contribution in [1.82, 2.24) is 0 Å². The molecule has 1 aliphatic rings. The van der Waals surface area contributed by atoms with Crippen LogP contribution in [0.2, 0.25) is 0 Å². The molecule has 1 aliphatic heterocycles. The largest absolute Gasteiger partial charge is 0.381 e. The lowest BCUT2D eigenvalue weighted by atomic mass is 10.1. The molecule has 1 heterocycles. The van der Waals surface area contributed by atoms with Crippen LogP contribution in [0.1, 0.15) is 0 Å². The predicted molar refractivity (Wildman–Crippen MR) is 77.3 cm³/mol. The summed E-state index contributed by atoms with van der Waals surface area (Å²) in [6, 6.07) is 10.6. The van der Waals surface area contributed by atoms with E-state index in [1.165, 1.54) is 12.1 Å². The highest BCUT2D eigenvalue weighted by atomic mass is 19.2. The molecule has 0 bridgehead atoms. The molecule has 0 saturated heterocycles. The van der Waals surface area contributed by atoms with Crippen molar-refractivity contribution in [3.05, 3.63) is 54.1 Å². The van der Waals surface area contributed by atoms with Gasteiger partial charge in [-0.3, -0.25) is 4.79 Å². The van der Waals surface area contributed by atoms with E-state index in [-0.39, 0.29) is 5.69 Å². The summed E-state index contributed by atoms with van der Waals surface area (Å²) in [4.78, 5) is 12.1. The van der Waals surface area contributed by atoms with Crippen LogP contribution in [0.15, 0.2) is 42.5 Å². The van der Waals surface area contributed by atoms with Crippen LogP contribution in [0.25, 0.3) is 0 Å². The number of amides is 1. The molecule has 3 N–H and O–H groups in total. The van der Waals surface area contributed by atoms with Gasteiger partial charge in [0, 0.05) is 6.54 Å². The summed E-state index contributed by atoms with van der Waals surface area (Å²) in [5.74, 6) is -2.48. The van der Waals surface area contributed by atoms with Crippen molar-refractivity contribution in [2.24, 2.45) is 0 Å². The van der Waals surface area contributed by atoms with Gasteiger partial charge in [-0.05, 0) is 24.3 Å². The van der Waals surface area contributed by atoms with Gasteiger partial charge in [0.15, 0.2) is 11.6 Å². The van der Waals surface area contributed by atoms with Crippen LogP contribution in [0.3, 0.4) is 0 Å². The Hall–Kier alpha value is -2.63. The van der Waals surface area contributed by atoms with E-state index in [9.17, 15) is 13.6 Å². The molecule has 6 heteroatoms. The lowest BCUT2D eigenvalue weighted by Gasteiger charge is -2.27. The number of rotatable bonds is 2. The van der Waals surface area contributed by atoms with Gasteiger partial charge in [0.05, 0.1) is 17.1 Å². The minimum atomic E-state index is -1.06. The Kier molecular flexibility index (Phi) is 3.43. The number of para-hydroxylation sites is 2. The zero-order chi connectivity index (χ0) is 14.8. The van der Waals surface area contributed by atoms with Crippen molar-refractivity contribution in [3.8, 4) is 0 Å². The number of hydrogen-bond donors (Lipinski definition) is 3. The molecule has 4 nitrogen and oxygen atoms in total. The van der Waals surface area contributed by atoms with Crippen LogP contribution in [-0.4, -0.2) is 18.5 Å². The second kappa shape index (κ2) is 5.40. The zero-order valence-corrected chi connectivity index (χ0v) is 11.0. The van der Waals surface area contributed by atoms with E-state index in [1.807, 2.05) is 24.3 Å². The zero-order valence-electron chi connectivity index (χ0n) is 11.0. The number of carbonyl (C=O) groups excluding carboxylic acids is 1. The molecule has 2 aromatic rings. The van der Waals surface area contributed by atoms with E-state index < -0.39 is 23.6 Å². The molecular formula is C15H13F2N3O. The Morgan fingerprint density at radius 3 is 2.67 bits per heavy atom. The van der Waals surface area contributed by atoms with E-state index in [0.29, 0.717) is 6.54 Å². The van der Waals surface area contributed by atoms with E-state index in [1.54, 1.807) is 0 Å². The van der Waals surface area contributed by atoms with Crippen LogP contribution >= 0.6 is 0 Å². The average molecular weight is 289 g/mol. The molecule has 1 atom stereocenters. The minimum Gasteiger partial charge on any atom is -0.381 e. The number of carbonyl (C=O) groups is 1. The third-order valence-electron chi connectivity index (χ3n) is 3.28. The Labute approximate surface area is 120 Å². The topological polar surface area (TPSA) is 53.2 Å². The highest BCUT2D eigenvalue weighted by Crippen LogP contribution is 2.25. The Morgan fingerprint density at radius 1 is 1.10 bits per heavy atom. The molecule has 3 rings (SSSR count). The maximum atomic E-state index is 13.5. The number of benzene rings is 2. The minimum absolute atomic E-state index is 0.166. The summed E-state index contributed by atoms with van der Waals surface area (Å²) in [5.41, 5.74) is 1.53. The average Bonchev–Trinajstić information content (AvgIpc) is 2.51. The lowest BCUT2D eigenvalue weighted by molar-refractivity contribution is -0.116. The molecule has 0 spiro atoms. The van der Waals surface area contributed by atoms with Crippen molar-refractivity contribution in [2.45, 2.75) is 6.04 Å². The summed E-state index contributed by atoms with van der Waals surface area (Å²) in [5, 5.41) is 8.57. The molecular weight excluding hydrogens is 276 g/mol. The van der Waals surface area contributed by atoms with Gasteiger partial charge in [0.25, 0.3) is 0 Å². The van der Waals surface area contributed by atoms with Crippen molar-refractivity contribution in [2.75, 3.05) is 22.5 Å². The van der Waals surface area contributed by atoms with E-state index >= 15 is 0 Å². The molecule has 21 heavy (non-hydrogen) atoms. The van der Waals surface area contributed by atoms with E-state index in [0.717, 1.165) is 17.4 Å². The summed E-state index contributed by atoms with van der Waals surface area (Å²) in [6.07, 6.45) is 0. The summed E-state index contributed by atoms with van der Waals surface area (Å²) in [6.45, 7) is 0.361. The quantitative estimate of drug-likeness (QED) is 0.797.